The van der Waals surface area contributed by atoms with Crippen molar-refractivity contribution in [1.82, 2.24) is 4.31 Å². The van der Waals surface area contributed by atoms with Crippen LogP contribution in [0.3, 0.4) is 0 Å². The van der Waals surface area contributed by atoms with Crippen LogP contribution >= 0.6 is 0 Å². The summed E-state index contributed by atoms with van der Waals surface area (Å²) in [5.41, 5.74) is 7.48. The zero-order chi connectivity index (χ0) is 15.5. The number of piperidine rings is 1. The molecule has 0 saturated carbocycles. The Balaban J connectivity index is 2.33. The van der Waals surface area contributed by atoms with Crippen molar-refractivity contribution in [2.45, 2.75) is 50.1 Å². The van der Waals surface area contributed by atoms with E-state index >= 15 is 0 Å². The number of rotatable bonds is 5. The van der Waals surface area contributed by atoms with Crippen molar-refractivity contribution in [3.63, 3.8) is 0 Å². The van der Waals surface area contributed by atoms with Gasteiger partial charge in [-0.2, -0.15) is 4.31 Å². The van der Waals surface area contributed by atoms with Gasteiger partial charge in [-0.3, -0.25) is 0 Å². The van der Waals surface area contributed by atoms with Crippen LogP contribution in [0.1, 0.15) is 36.8 Å². The van der Waals surface area contributed by atoms with E-state index in [2.05, 4.69) is 0 Å². The summed E-state index contributed by atoms with van der Waals surface area (Å²) < 4.78 is 27.2. The van der Waals surface area contributed by atoms with E-state index in [-0.39, 0.29) is 12.6 Å². The molecule has 1 aromatic carbocycles. The summed E-state index contributed by atoms with van der Waals surface area (Å²) >= 11 is 0. The van der Waals surface area contributed by atoms with Gasteiger partial charge in [0.2, 0.25) is 10.0 Å². The molecule has 0 bridgehead atoms. The second-order valence-electron chi connectivity index (χ2n) is 5.57. The van der Waals surface area contributed by atoms with Gasteiger partial charge in [-0.05, 0) is 49.4 Å². The third-order valence-corrected chi connectivity index (χ3v) is 6.12. The highest BCUT2D eigenvalue weighted by Gasteiger charge is 2.33. The van der Waals surface area contributed by atoms with Crippen molar-refractivity contribution in [1.29, 1.82) is 0 Å². The van der Waals surface area contributed by atoms with Gasteiger partial charge in [0.1, 0.15) is 0 Å². The van der Waals surface area contributed by atoms with Crippen LogP contribution in [-0.2, 0) is 16.6 Å². The van der Waals surface area contributed by atoms with E-state index in [1.165, 1.54) is 0 Å². The number of nitrogens with zero attached hydrogens (tertiary/aromatic N) is 1. The zero-order valence-corrected chi connectivity index (χ0v) is 13.3. The molecule has 1 unspecified atom stereocenters. The van der Waals surface area contributed by atoms with Crippen molar-refractivity contribution >= 4 is 10.0 Å². The van der Waals surface area contributed by atoms with E-state index in [1.54, 1.807) is 22.5 Å². The van der Waals surface area contributed by atoms with Crippen molar-refractivity contribution < 1.29 is 13.5 Å². The molecular formula is C15H24N2O3S. The van der Waals surface area contributed by atoms with Crippen molar-refractivity contribution in [2.75, 3.05) is 13.2 Å². The summed E-state index contributed by atoms with van der Waals surface area (Å²) in [6.45, 7) is 2.83. The van der Waals surface area contributed by atoms with Gasteiger partial charge >= 0.3 is 0 Å². The molecule has 1 aliphatic rings. The summed E-state index contributed by atoms with van der Waals surface area (Å²) in [6, 6.07) is 5.02. The normalized spacial score (nSPS) is 20.6. The van der Waals surface area contributed by atoms with E-state index < -0.39 is 10.0 Å². The second kappa shape index (κ2) is 6.87. The maximum atomic E-state index is 12.8. The lowest BCUT2D eigenvalue weighted by Crippen LogP contribution is -2.44. The fourth-order valence-electron chi connectivity index (χ4n) is 2.92. The molecule has 1 aromatic rings. The van der Waals surface area contributed by atoms with E-state index in [4.69, 9.17) is 10.8 Å². The van der Waals surface area contributed by atoms with E-state index in [1.807, 2.05) is 6.92 Å². The Labute approximate surface area is 126 Å². The van der Waals surface area contributed by atoms with Gasteiger partial charge in [0, 0.05) is 25.7 Å². The van der Waals surface area contributed by atoms with Crippen LogP contribution in [0.25, 0.3) is 0 Å². The van der Waals surface area contributed by atoms with Gasteiger partial charge in [-0.25, -0.2) is 8.42 Å². The lowest BCUT2D eigenvalue weighted by atomic mass is 10.0. The first-order valence-electron chi connectivity index (χ1n) is 7.43. The molecule has 21 heavy (non-hydrogen) atoms. The number of nitrogens with two attached hydrogens (primary N) is 1. The quantitative estimate of drug-likeness (QED) is 0.860. The largest absolute Gasteiger partial charge is 0.396 e. The summed E-state index contributed by atoms with van der Waals surface area (Å²) in [7, 11) is -3.50. The molecule has 0 aliphatic carbocycles. The molecule has 118 valence electrons. The van der Waals surface area contributed by atoms with Crippen LogP contribution in [0.4, 0.5) is 0 Å². The van der Waals surface area contributed by atoms with Gasteiger partial charge in [0.05, 0.1) is 4.90 Å². The first-order valence-corrected chi connectivity index (χ1v) is 8.87. The second-order valence-corrected chi connectivity index (χ2v) is 7.46. The Morgan fingerprint density at radius 1 is 1.38 bits per heavy atom. The Morgan fingerprint density at radius 2 is 2.14 bits per heavy atom. The number of aliphatic hydroxyl groups is 1. The summed E-state index contributed by atoms with van der Waals surface area (Å²) in [4.78, 5) is 0.321. The minimum atomic E-state index is -3.50. The van der Waals surface area contributed by atoms with E-state index in [0.29, 0.717) is 24.4 Å². The fourth-order valence-corrected chi connectivity index (χ4v) is 4.73. The Morgan fingerprint density at radius 3 is 2.76 bits per heavy atom. The fraction of sp³-hybridized carbons (Fsp3) is 0.600. The molecule has 2 rings (SSSR count). The lowest BCUT2D eigenvalue weighted by molar-refractivity contribution is 0.192. The van der Waals surface area contributed by atoms with Crippen molar-refractivity contribution in [3.8, 4) is 0 Å². The number of aliphatic hydroxyl groups excluding tert-OH is 1. The standard InChI is InChI=1S/C15H24N2O3S/c1-12-10-15(6-5-13(12)11-16)21(19,20)17-8-3-2-4-14(17)7-9-18/h5-6,10,14,18H,2-4,7-9,11,16H2,1H3. The average molecular weight is 312 g/mol. The third kappa shape index (κ3) is 3.45. The Bertz CT molecular complexity index is 585. The van der Waals surface area contributed by atoms with E-state index in [9.17, 15) is 8.42 Å². The average Bonchev–Trinajstić information content (AvgIpc) is 2.48. The van der Waals surface area contributed by atoms with Gasteiger partial charge in [-0.15, -0.1) is 0 Å². The molecule has 1 atom stereocenters. The highest BCUT2D eigenvalue weighted by molar-refractivity contribution is 7.89. The zero-order valence-electron chi connectivity index (χ0n) is 12.5. The molecule has 0 spiro atoms. The van der Waals surface area contributed by atoms with Crippen LogP contribution in [-0.4, -0.2) is 37.0 Å². The Kier molecular flexibility index (Phi) is 5.37. The molecule has 1 heterocycles. The summed E-state index contributed by atoms with van der Waals surface area (Å²) in [5, 5.41) is 9.15. The molecule has 1 fully saturated rings. The lowest BCUT2D eigenvalue weighted by Gasteiger charge is -2.34. The molecule has 0 amide bonds. The van der Waals surface area contributed by atoms with Crippen LogP contribution in [0.2, 0.25) is 0 Å². The minimum absolute atomic E-state index is 0.0157. The smallest absolute Gasteiger partial charge is 0.243 e. The predicted molar refractivity (Wildman–Crippen MR) is 82.3 cm³/mol. The summed E-state index contributed by atoms with van der Waals surface area (Å²) in [6.07, 6.45) is 3.21. The molecule has 1 saturated heterocycles. The van der Waals surface area contributed by atoms with Gasteiger partial charge in [-0.1, -0.05) is 12.5 Å². The first-order chi connectivity index (χ1) is 10.0. The predicted octanol–water partition coefficient (Wildman–Crippen LogP) is 1.38. The maximum Gasteiger partial charge on any atom is 0.243 e. The molecule has 3 N–H and O–H groups in total. The number of hydrogen-bond acceptors (Lipinski definition) is 4. The van der Waals surface area contributed by atoms with Gasteiger partial charge in [0.25, 0.3) is 0 Å². The monoisotopic (exact) mass is 312 g/mol. The first kappa shape index (κ1) is 16.4. The molecule has 0 aromatic heterocycles. The molecule has 1 aliphatic heterocycles. The van der Waals surface area contributed by atoms with Gasteiger partial charge in [0.15, 0.2) is 0 Å². The number of sulfonamides is 1. The topological polar surface area (TPSA) is 83.6 Å². The van der Waals surface area contributed by atoms with Crippen molar-refractivity contribution in [2.24, 2.45) is 5.73 Å². The maximum absolute atomic E-state index is 12.8. The minimum Gasteiger partial charge on any atom is -0.396 e. The molecular weight excluding hydrogens is 288 g/mol. The number of aryl methyl sites for hydroxylation is 1. The van der Waals surface area contributed by atoms with E-state index in [0.717, 1.165) is 30.4 Å². The highest BCUT2D eigenvalue weighted by Crippen LogP contribution is 2.27. The molecule has 5 nitrogen and oxygen atoms in total. The van der Waals surface area contributed by atoms with Crippen LogP contribution in [0.15, 0.2) is 23.1 Å². The third-order valence-electron chi connectivity index (χ3n) is 4.18. The molecule has 0 radical (unpaired) electrons. The SMILES string of the molecule is Cc1cc(S(=O)(=O)N2CCCCC2CCO)ccc1CN. The van der Waals surface area contributed by atoms with Crippen LogP contribution in [0, 0.1) is 6.92 Å². The number of benzene rings is 1. The summed E-state index contributed by atoms with van der Waals surface area (Å²) in [5.74, 6) is 0. The van der Waals surface area contributed by atoms with Crippen molar-refractivity contribution in [3.05, 3.63) is 29.3 Å². The number of hydrogen-bond donors (Lipinski definition) is 2. The Hall–Kier alpha value is -0.950. The van der Waals surface area contributed by atoms with Crippen LogP contribution < -0.4 is 5.73 Å². The molecule has 6 heteroatoms. The van der Waals surface area contributed by atoms with Gasteiger partial charge < -0.3 is 10.8 Å². The highest BCUT2D eigenvalue weighted by atomic mass is 32.2. The van der Waals surface area contributed by atoms with Crippen LogP contribution in [0.5, 0.6) is 0 Å².